The van der Waals surface area contributed by atoms with Crippen molar-refractivity contribution in [3.8, 4) is 0 Å². The lowest BCUT2D eigenvalue weighted by Gasteiger charge is -2.14. The van der Waals surface area contributed by atoms with Gasteiger partial charge >= 0.3 is 0 Å². The molecule has 0 N–H and O–H groups in total. The highest BCUT2D eigenvalue weighted by molar-refractivity contribution is 6.02. The van der Waals surface area contributed by atoms with Gasteiger partial charge in [-0.3, -0.25) is 14.5 Å². The number of likely N-dealkylation sites (tertiary alicyclic amines) is 1. The van der Waals surface area contributed by atoms with E-state index >= 15 is 0 Å². The van der Waals surface area contributed by atoms with Crippen LogP contribution < -0.4 is 0 Å². The molecule has 3 nitrogen and oxygen atoms in total. The Labute approximate surface area is 111 Å². The minimum Gasteiger partial charge on any atom is -0.282 e. The van der Waals surface area contributed by atoms with Crippen molar-refractivity contribution >= 4 is 22.6 Å². The van der Waals surface area contributed by atoms with Crippen LogP contribution in [-0.4, -0.2) is 23.3 Å². The molecule has 1 saturated heterocycles. The number of amides is 2. The molecular formula is C16H15NO2. The largest absolute Gasteiger partial charge is 0.282 e. The van der Waals surface area contributed by atoms with Gasteiger partial charge < -0.3 is 0 Å². The van der Waals surface area contributed by atoms with Gasteiger partial charge in [-0.15, -0.1) is 0 Å². The van der Waals surface area contributed by atoms with Gasteiger partial charge in [0.15, 0.2) is 0 Å². The van der Waals surface area contributed by atoms with Gasteiger partial charge in [-0.25, -0.2) is 0 Å². The molecule has 1 aliphatic rings. The molecule has 96 valence electrons. The SMILES string of the molecule is O=C1CCC(=O)N1CCc1cccc2ccccc12. The quantitative estimate of drug-likeness (QED) is 0.788. The van der Waals surface area contributed by atoms with Crippen LogP contribution in [0.15, 0.2) is 42.5 Å². The second kappa shape index (κ2) is 4.84. The molecule has 2 amide bonds. The fourth-order valence-corrected chi connectivity index (χ4v) is 2.62. The van der Waals surface area contributed by atoms with Gasteiger partial charge in [0.2, 0.25) is 11.8 Å². The summed E-state index contributed by atoms with van der Waals surface area (Å²) < 4.78 is 0. The number of fused-ring (bicyclic) bond motifs is 1. The predicted octanol–water partition coefficient (Wildman–Crippen LogP) is 2.53. The maximum absolute atomic E-state index is 11.6. The van der Waals surface area contributed by atoms with E-state index in [-0.39, 0.29) is 11.8 Å². The summed E-state index contributed by atoms with van der Waals surface area (Å²) in [5.74, 6) is -0.0736. The highest BCUT2D eigenvalue weighted by Crippen LogP contribution is 2.20. The van der Waals surface area contributed by atoms with Crippen LogP contribution in [0.5, 0.6) is 0 Å². The highest BCUT2D eigenvalue weighted by Gasteiger charge is 2.28. The normalized spacial score (nSPS) is 15.5. The van der Waals surface area contributed by atoms with Gasteiger partial charge in [-0.1, -0.05) is 42.5 Å². The van der Waals surface area contributed by atoms with Crippen molar-refractivity contribution in [2.24, 2.45) is 0 Å². The zero-order valence-electron chi connectivity index (χ0n) is 10.6. The lowest BCUT2D eigenvalue weighted by Crippen LogP contribution is -2.31. The van der Waals surface area contributed by atoms with Crippen molar-refractivity contribution in [2.45, 2.75) is 19.3 Å². The Morgan fingerprint density at radius 2 is 1.58 bits per heavy atom. The molecule has 1 aliphatic heterocycles. The highest BCUT2D eigenvalue weighted by atomic mass is 16.2. The van der Waals surface area contributed by atoms with E-state index in [1.807, 2.05) is 18.2 Å². The van der Waals surface area contributed by atoms with Crippen LogP contribution >= 0.6 is 0 Å². The average molecular weight is 253 g/mol. The third kappa shape index (κ3) is 2.24. The Bertz CT molecular complexity index is 627. The molecule has 3 heteroatoms. The Kier molecular flexibility index (Phi) is 3.03. The first kappa shape index (κ1) is 11.9. The average Bonchev–Trinajstić information content (AvgIpc) is 2.76. The third-order valence-corrected chi connectivity index (χ3v) is 3.64. The van der Waals surface area contributed by atoms with Gasteiger partial charge in [0.1, 0.15) is 0 Å². The van der Waals surface area contributed by atoms with Crippen molar-refractivity contribution < 1.29 is 9.59 Å². The van der Waals surface area contributed by atoms with Gasteiger partial charge in [-0.2, -0.15) is 0 Å². The van der Waals surface area contributed by atoms with Crippen LogP contribution in [0.1, 0.15) is 18.4 Å². The topological polar surface area (TPSA) is 37.4 Å². The lowest BCUT2D eigenvalue weighted by molar-refractivity contribution is -0.138. The molecule has 3 rings (SSSR count). The molecule has 19 heavy (non-hydrogen) atoms. The van der Waals surface area contributed by atoms with Crippen LogP contribution in [0.4, 0.5) is 0 Å². The van der Waals surface area contributed by atoms with E-state index in [1.54, 1.807) is 0 Å². The summed E-state index contributed by atoms with van der Waals surface area (Å²) in [5, 5.41) is 2.39. The van der Waals surface area contributed by atoms with Crippen LogP contribution in [0.3, 0.4) is 0 Å². The van der Waals surface area contributed by atoms with Gasteiger partial charge in [-0.05, 0) is 22.8 Å². The van der Waals surface area contributed by atoms with Crippen molar-refractivity contribution in [3.63, 3.8) is 0 Å². The summed E-state index contributed by atoms with van der Waals surface area (Å²) in [5.41, 5.74) is 1.19. The number of nitrogens with zero attached hydrogens (tertiary/aromatic N) is 1. The summed E-state index contributed by atoms with van der Waals surface area (Å²) in [6.07, 6.45) is 1.46. The summed E-state index contributed by atoms with van der Waals surface area (Å²) in [6, 6.07) is 14.3. The number of imide groups is 1. The fourth-order valence-electron chi connectivity index (χ4n) is 2.62. The molecule has 0 radical (unpaired) electrons. The molecule has 0 unspecified atom stereocenters. The summed E-state index contributed by atoms with van der Waals surface area (Å²) in [6.45, 7) is 0.492. The molecule has 1 heterocycles. The summed E-state index contributed by atoms with van der Waals surface area (Å²) >= 11 is 0. The molecule has 0 atom stereocenters. The molecule has 0 saturated carbocycles. The number of carbonyl (C=O) groups excluding carboxylic acids is 2. The predicted molar refractivity (Wildman–Crippen MR) is 73.6 cm³/mol. The molecule has 0 spiro atoms. The van der Waals surface area contributed by atoms with Gasteiger partial charge in [0.25, 0.3) is 0 Å². The van der Waals surface area contributed by atoms with E-state index < -0.39 is 0 Å². The van der Waals surface area contributed by atoms with Crippen molar-refractivity contribution in [1.29, 1.82) is 0 Å². The number of hydrogen-bond donors (Lipinski definition) is 0. The zero-order valence-corrected chi connectivity index (χ0v) is 10.6. The van der Waals surface area contributed by atoms with Crippen molar-refractivity contribution in [3.05, 3.63) is 48.0 Å². The van der Waals surface area contributed by atoms with E-state index in [0.29, 0.717) is 19.4 Å². The molecular weight excluding hydrogens is 238 g/mol. The maximum Gasteiger partial charge on any atom is 0.229 e. The number of carbonyl (C=O) groups is 2. The number of rotatable bonds is 3. The third-order valence-electron chi connectivity index (χ3n) is 3.64. The Hall–Kier alpha value is -2.16. The number of benzene rings is 2. The van der Waals surface area contributed by atoms with Crippen molar-refractivity contribution in [2.75, 3.05) is 6.54 Å². The van der Waals surface area contributed by atoms with E-state index in [2.05, 4.69) is 24.3 Å². The standard InChI is InChI=1S/C16H15NO2/c18-15-8-9-16(19)17(15)11-10-13-6-3-5-12-4-1-2-7-14(12)13/h1-7H,8-11H2. The minimum absolute atomic E-state index is 0.0368. The summed E-state index contributed by atoms with van der Waals surface area (Å²) in [7, 11) is 0. The Morgan fingerprint density at radius 3 is 2.37 bits per heavy atom. The Morgan fingerprint density at radius 1 is 0.895 bits per heavy atom. The molecule has 1 fully saturated rings. The second-order valence-electron chi connectivity index (χ2n) is 4.83. The summed E-state index contributed by atoms with van der Waals surface area (Å²) in [4.78, 5) is 24.5. The minimum atomic E-state index is -0.0368. The first-order valence-electron chi connectivity index (χ1n) is 6.55. The van der Waals surface area contributed by atoms with E-state index in [0.717, 1.165) is 6.42 Å². The first-order valence-corrected chi connectivity index (χ1v) is 6.55. The second-order valence-corrected chi connectivity index (χ2v) is 4.83. The monoisotopic (exact) mass is 253 g/mol. The van der Waals surface area contributed by atoms with Crippen LogP contribution in [0.25, 0.3) is 10.8 Å². The maximum atomic E-state index is 11.6. The number of hydrogen-bond acceptors (Lipinski definition) is 2. The van der Waals surface area contributed by atoms with E-state index in [4.69, 9.17) is 0 Å². The van der Waals surface area contributed by atoms with Gasteiger partial charge in [0.05, 0.1) is 0 Å². The van der Waals surface area contributed by atoms with Crippen LogP contribution in [-0.2, 0) is 16.0 Å². The molecule has 0 aliphatic carbocycles. The molecule has 0 aromatic heterocycles. The smallest absolute Gasteiger partial charge is 0.229 e. The van der Waals surface area contributed by atoms with Crippen molar-refractivity contribution in [1.82, 2.24) is 4.90 Å². The fraction of sp³-hybridized carbons (Fsp3) is 0.250. The van der Waals surface area contributed by atoms with Gasteiger partial charge in [0, 0.05) is 19.4 Å². The lowest BCUT2D eigenvalue weighted by atomic mass is 10.0. The zero-order chi connectivity index (χ0) is 13.2. The first-order chi connectivity index (χ1) is 9.25. The van der Waals surface area contributed by atoms with E-state index in [9.17, 15) is 9.59 Å². The molecule has 2 aromatic rings. The molecule has 2 aromatic carbocycles. The molecule has 0 bridgehead atoms. The van der Waals surface area contributed by atoms with E-state index in [1.165, 1.54) is 21.2 Å². The van der Waals surface area contributed by atoms with Crippen LogP contribution in [0, 0.1) is 0 Å². The Balaban J connectivity index is 1.82. The van der Waals surface area contributed by atoms with Crippen LogP contribution in [0.2, 0.25) is 0 Å².